The van der Waals surface area contributed by atoms with Gasteiger partial charge in [-0.3, -0.25) is 4.79 Å². The van der Waals surface area contributed by atoms with Crippen LogP contribution in [-0.2, 0) is 16.0 Å². The second-order valence-electron chi connectivity index (χ2n) is 7.53. The number of hydrogen-bond acceptors (Lipinski definition) is 5. The van der Waals surface area contributed by atoms with E-state index in [9.17, 15) is 9.59 Å². The molecule has 168 valence electrons. The lowest BCUT2D eigenvalue weighted by molar-refractivity contribution is -0.133. The van der Waals surface area contributed by atoms with Crippen LogP contribution in [0.5, 0.6) is 11.5 Å². The highest BCUT2D eigenvalue weighted by Crippen LogP contribution is 2.32. The fraction of sp³-hybridized carbons (Fsp3) is 0.185. The third-order valence-electron chi connectivity index (χ3n) is 5.41. The van der Waals surface area contributed by atoms with Crippen LogP contribution in [0.25, 0.3) is 16.6 Å². The molecular weight excluding hydrogens is 418 g/mol. The topological polar surface area (TPSA) is 66.8 Å². The third kappa shape index (κ3) is 4.60. The Kier molecular flexibility index (Phi) is 6.45. The van der Waals surface area contributed by atoms with Crippen LogP contribution < -0.4 is 9.47 Å². The van der Waals surface area contributed by atoms with Gasteiger partial charge in [-0.25, -0.2) is 4.79 Å². The molecular formula is C27H25NO5. The molecule has 0 unspecified atom stereocenters. The molecule has 4 rings (SSSR count). The van der Waals surface area contributed by atoms with Crippen molar-refractivity contribution in [1.29, 1.82) is 0 Å². The van der Waals surface area contributed by atoms with E-state index < -0.39 is 11.9 Å². The Balaban J connectivity index is 1.68. The molecule has 0 amide bonds. The Morgan fingerprint density at radius 3 is 2.27 bits per heavy atom. The van der Waals surface area contributed by atoms with Crippen LogP contribution in [-0.4, -0.2) is 30.2 Å². The second-order valence-corrected chi connectivity index (χ2v) is 7.53. The van der Waals surface area contributed by atoms with Crippen molar-refractivity contribution in [2.75, 3.05) is 13.7 Å². The lowest BCUT2D eigenvalue weighted by atomic mass is 10.1. The van der Waals surface area contributed by atoms with Crippen LogP contribution >= 0.6 is 0 Å². The van der Waals surface area contributed by atoms with Crippen molar-refractivity contribution in [2.45, 2.75) is 20.3 Å². The molecule has 0 saturated carbocycles. The molecule has 4 aromatic rings. The molecule has 33 heavy (non-hydrogen) atoms. The number of ether oxygens (including phenoxy) is 3. The Morgan fingerprint density at radius 1 is 0.909 bits per heavy atom. The predicted octanol–water partition coefficient (Wildman–Crippen LogP) is 5.27. The van der Waals surface area contributed by atoms with E-state index in [0.29, 0.717) is 16.7 Å². The number of nitrogens with zero attached hydrogens (tertiary/aromatic N) is 1. The summed E-state index contributed by atoms with van der Waals surface area (Å²) in [6.07, 6.45) is 0.122. The number of esters is 2. The molecule has 0 bridgehead atoms. The Morgan fingerprint density at radius 2 is 1.61 bits per heavy atom. The molecule has 0 N–H and O–H groups in total. The number of methoxy groups -OCH3 is 1. The first-order chi connectivity index (χ1) is 16.0. The minimum atomic E-state index is -0.406. The van der Waals surface area contributed by atoms with Crippen molar-refractivity contribution >= 4 is 22.8 Å². The Bertz CT molecular complexity index is 1290. The largest absolute Gasteiger partial charge is 0.497 e. The van der Waals surface area contributed by atoms with Crippen molar-refractivity contribution in [2.24, 2.45) is 0 Å². The first-order valence-corrected chi connectivity index (χ1v) is 10.7. The number of carbonyl (C=O) groups is 2. The first-order valence-electron chi connectivity index (χ1n) is 10.7. The molecule has 0 spiro atoms. The van der Waals surface area contributed by atoms with Crippen molar-refractivity contribution in [3.8, 4) is 17.2 Å². The maximum absolute atomic E-state index is 12.8. The van der Waals surface area contributed by atoms with Gasteiger partial charge in [0.1, 0.15) is 11.5 Å². The van der Waals surface area contributed by atoms with Crippen LogP contribution in [0.2, 0.25) is 0 Å². The summed E-state index contributed by atoms with van der Waals surface area (Å²) in [5.74, 6) is 0.298. The van der Waals surface area contributed by atoms with E-state index in [0.717, 1.165) is 28.2 Å². The fourth-order valence-electron chi connectivity index (χ4n) is 3.91. The van der Waals surface area contributed by atoms with Crippen LogP contribution in [0.4, 0.5) is 0 Å². The standard InChI is InChI=1S/C27H25NO5/c1-4-32-27(30)26-18(2)28(20-8-6-5-7-9-20)24-15-14-22(17-23(24)26)33-25(29)16-19-10-12-21(31-3)13-11-19/h5-15,17H,4,16H2,1-3H3. The molecule has 0 aliphatic heterocycles. The quantitative estimate of drug-likeness (QED) is 0.287. The second kappa shape index (κ2) is 9.61. The molecule has 1 heterocycles. The van der Waals surface area contributed by atoms with E-state index in [2.05, 4.69) is 0 Å². The van der Waals surface area contributed by atoms with Crippen molar-refractivity contribution in [3.63, 3.8) is 0 Å². The van der Waals surface area contributed by atoms with Crippen LogP contribution in [0.1, 0.15) is 28.5 Å². The maximum Gasteiger partial charge on any atom is 0.340 e. The maximum atomic E-state index is 12.8. The lowest BCUT2D eigenvalue weighted by Crippen LogP contribution is -2.11. The van der Waals surface area contributed by atoms with Gasteiger partial charge in [-0.2, -0.15) is 0 Å². The van der Waals surface area contributed by atoms with E-state index in [4.69, 9.17) is 14.2 Å². The molecule has 3 aromatic carbocycles. The highest BCUT2D eigenvalue weighted by molar-refractivity contribution is 6.07. The smallest absolute Gasteiger partial charge is 0.340 e. The number of aromatic nitrogens is 1. The predicted molar refractivity (Wildman–Crippen MR) is 126 cm³/mol. The van der Waals surface area contributed by atoms with Gasteiger partial charge < -0.3 is 18.8 Å². The number of fused-ring (bicyclic) bond motifs is 1. The fourth-order valence-corrected chi connectivity index (χ4v) is 3.91. The number of rotatable bonds is 7. The number of para-hydroxylation sites is 1. The molecule has 0 atom stereocenters. The van der Waals surface area contributed by atoms with Crippen LogP contribution in [0.3, 0.4) is 0 Å². The highest BCUT2D eigenvalue weighted by Gasteiger charge is 2.22. The molecule has 0 saturated heterocycles. The van der Waals surface area contributed by atoms with Crippen molar-refractivity contribution in [3.05, 3.63) is 89.6 Å². The number of carbonyl (C=O) groups excluding carboxylic acids is 2. The lowest BCUT2D eigenvalue weighted by Gasteiger charge is -2.09. The zero-order valence-electron chi connectivity index (χ0n) is 18.8. The van der Waals surface area contributed by atoms with Gasteiger partial charge in [0.2, 0.25) is 0 Å². The monoisotopic (exact) mass is 443 g/mol. The van der Waals surface area contributed by atoms with Crippen molar-refractivity contribution < 1.29 is 23.8 Å². The van der Waals surface area contributed by atoms with Gasteiger partial charge >= 0.3 is 11.9 Å². The van der Waals surface area contributed by atoms with Gasteiger partial charge in [0.05, 0.1) is 31.2 Å². The van der Waals surface area contributed by atoms with Crippen LogP contribution in [0.15, 0.2) is 72.8 Å². The van der Waals surface area contributed by atoms with Gasteiger partial charge in [0.15, 0.2) is 0 Å². The van der Waals surface area contributed by atoms with Crippen LogP contribution in [0, 0.1) is 6.92 Å². The average molecular weight is 443 g/mol. The highest BCUT2D eigenvalue weighted by atomic mass is 16.5. The van der Waals surface area contributed by atoms with Gasteiger partial charge in [0.25, 0.3) is 0 Å². The van der Waals surface area contributed by atoms with Gasteiger partial charge in [0, 0.05) is 16.8 Å². The minimum Gasteiger partial charge on any atom is -0.497 e. The van der Waals surface area contributed by atoms with Gasteiger partial charge in [-0.15, -0.1) is 0 Å². The molecule has 1 aromatic heterocycles. The normalized spacial score (nSPS) is 10.8. The molecule has 0 aliphatic carbocycles. The van der Waals surface area contributed by atoms with Crippen molar-refractivity contribution in [1.82, 2.24) is 4.57 Å². The van der Waals surface area contributed by atoms with E-state index >= 15 is 0 Å². The zero-order valence-corrected chi connectivity index (χ0v) is 18.8. The first kappa shape index (κ1) is 22.1. The summed E-state index contributed by atoms with van der Waals surface area (Å²) in [7, 11) is 1.59. The van der Waals surface area contributed by atoms with E-state index in [1.807, 2.05) is 60.0 Å². The van der Waals surface area contributed by atoms with Gasteiger partial charge in [-0.1, -0.05) is 30.3 Å². The summed E-state index contributed by atoms with van der Waals surface area (Å²) < 4.78 is 18.1. The SMILES string of the molecule is CCOC(=O)c1c(C)n(-c2ccccc2)c2ccc(OC(=O)Cc3ccc(OC)cc3)cc12. The molecule has 6 heteroatoms. The summed E-state index contributed by atoms with van der Waals surface area (Å²) >= 11 is 0. The number of hydrogen-bond donors (Lipinski definition) is 0. The summed E-state index contributed by atoms with van der Waals surface area (Å²) in [6, 6.07) is 22.4. The summed E-state index contributed by atoms with van der Waals surface area (Å²) in [5.41, 5.74) is 3.80. The Hall–Kier alpha value is -4.06. The molecule has 0 fully saturated rings. The minimum absolute atomic E-state index is 0.122. The Labute approximate surface area is 192 Å². The molecule has 0 radical (unpaired) electrons. The van der Waals surface area contributed by atoms with E-state index in [-0.39, 0.29) is 13.0 Å². The van der Waals surface area contributed by atoms with Gasteiger partial charge in [-0.05, 0) is 61.9 Å². The third-order valence-corrected chi connectivity index (χ3v) is 5.41. The van der Waals surface area contributed by atoms with E-state index in [1.54, 1.807) is 38.3 Å². The summed E-state index contributed by atoms with van der Waals surface area (Å²) in [6.45, 7) is 3.93. The van der Waals surface area contributed by atoms with E-state index in [1.165, 1.54) is 0 Å². The molecule has 0 aliphatic rings. The average Bonchev–Trinajstić information content (AvgIpc) is 3.11. The number of benzene rings is 3. The summed E-state index contributed by atoms with van der Waals surface area (Å²) in [5, 5.41) is 0.671. The molecule has 6 nitrogen and oxygen atoms in total. The zero-order chi connectivity index (χ0) is 23.4. The summed E-state index contributed by atoms with van der Waals surface area (Å²) in [4.78, 5) is 25.3.